The lowest BCUT2D eigenvalue weighted by molar-refractivity contribution is 0.500. The molecule has 19 heavy (non-hydrogen) atoms. The molecule has 2 atom stereocenters. The molecule has 0 spiro atoms. The van der Waals surface area contributed by atoms with Gasteiger partial charge in [-0.15, -0.1) is 0 Å². The summed E-state index contributed by atoms with van der Waals surface area (Å²) in [7, 11) is -2.98. The summed E-state index contributed by atoms with van der Waals surface area (Å²) in [6.07, 6.45) is 0. The van der Waals surface area contributed by atoms with Crippen LogP contribution in [0.2, 0.25) is 10.0 Å². The molecule has 0 radical (unpaired) electrons. The molecule has 0 amide bonds. The molecule has 0 aliphatic rings. The predicted molar refractivity (Wildman–Crippen MR) is 81.8 cm³/mol. The highest BCUT2D eigenvalue weighted by molar-refractivity contribution is 7.91. The number of hydrogen-bond acceptors (Lipinski definition) is 3. The number of rotatable bonds is 6. The SMILES string of the molecule is CCS(=O)(=O)CC(C)NC(C)c1ccc(Cl)cc1Cl. The summed E-state index contributed by atoms with van der Waals surface area (Å²) in [4.78, 5) is 0. The molecule has 0 saturated carbocycles. The second kappa shape index (κ2) is 6.93. The van der Waals surface area contributed by atoms with Gasteiger partial charge in [-0.25, -0.2) is 8.42 Å². The first-order valence-electron chi connectivity index (χ1n) is 6.16. The van der Waals surface area contributed by atoms with E-state index in [2.05, 4.69) is 5.32 Å². The van der Waals surface area contributed by atoms with Crippen LogP contribution in [-0.2, 0) is 9.84 Å². The van der Waals surface area contributed by atoms with Gasteiger partial charge in [0.2, 0.25) is 0 Å². The fourth-order valence-electron chi connectivity index (χ4n) is 1.92. The predicted octanol–water partition coefficient (Wildman–Crippen LogP) is 3.47. The van der Waals surface area contributed by atoms with Crippen molar-refractivity contribution in [2.75, 3.05) is 11.5 Å². The zero-order chi connectivity index (χ0) is 14.6. The van der Waals surface area contributed by atoms with Gasteiger partial charge in [0.1, 0.15) is 0 Å². The molecule has 1 aromatic rings. The van der Waals surface area contributed by atoms with Gasteiger partial charge in [-0.3, -0.25) is 0 Å². The van der Waals surface area contributed by atoms with Gasteiger partial charge in [-0.2, -0.15) is 0 Å². The highest BCUT2D eigenvalue weighted by Gasteiger charge is 2.17. The fraction of sp³-hybridized carbons (Fsp3) is 0.538. The summed E-state index contributed by atoms with van der Waals surface area (Å²) < 4.78 is 23.1. The van der Waals surface area contributed by atoms with Crippen LogP contribution in [0.25, 0.3) is 0 Å². The van der Waals surface area contributed by atoms with Crippen LogP contribution in [0.15, 0.2) is 18.2 Å². The molecule has 0 bridgehead atoms. The first-order chi connectivity index (χ1) is 8.75. The molecule has 1 rings (SSSR count). The van der Waals surface area contributed by atoms with Gasteiger partial charge >= 0.3 is 0 Å². The Balaban J connectivity index is 2.71. The van der Waals surface area contributed by atoms with Crippen LogP contribution in [0.1, 0.15) is 32.4 Å². The molecular weight excluding hydrogens is 305 g/mol. The Hall–Kier alpha value is -0.290. The lowest BCUT2D eigenvalue weighted by Crippen LogP contribution is -2.35. The number of halogens is 2. The topological polar surface area (TPSA) is 46.2 Å². The summed E-state index contributed by atoms with van der Waals surface area (Å²) in [5.74, 6) is 0.286. The Morgan fingerprint density at radius 1 is 1.26 bits per heavy atom. The average molecular weight is 324 g/mol. The lowest BCUT2D eigenvalue weighted by atomic mass is 10.1. The number of nitrogens with one attached hydrogen (secondary N) is 1. The van der Waals surface area contributed by atoms with E-state index in [9.17, 15) is 8.42 Å². The van der Waals surface area contributed by atoms with E-state index in [0.717, 1.165) is 5.56 Å². The number of sulfone groups is 1. The average Bonchev–Trinajstić information content (AvgIpc) is 2.27. The third-order valence-corrected chi connectivity index (χ3v) is 5.36. The van der Waals surface area contributed by atoms with Gasteiger partial charge in [0.15, 0.2) is 9.84 Å². The van der Waals surface area contributed by atoms with Crippen LogP contribution in [0.4, 0.5) is 0 Å². The zero-order valence-corrected chi connectivity index (χ0v) is 13.6. The monoisotopic (exact) mass is 323 g/mol. The van der Waals surface area contributed by atoms with Crippen molar-refractivity contribution in [3.8, 4) is 0 Å². The van der Waals surface area contributed by atoms with E-state index >= 15 is 0 Å². The molecule has 108 valence electrons. The normalized spacial score (nSPS) is 15.2. The molecule has 0 aliphatic heterocycles. The minimum Gasteiger partial charge on any atom is -0.307 e. The Morgan fingerprint density at radius 3 is 2.42 bits per heavy atom. The first-order valence-corrected chi connectivity index (χ1v) is 8.74. The Kier molecular flexibility index (Phi) is 6.12. The van der Waals surface area contributed by atoms with Crippen molar-refractivity contribution in [3.63, 3.8) is 0 Å². The van der Waals surface area contributed by atoms with Crippen molar-refractivity contribution in [1.82, 2.24) is 5.32 Å². The zero-order valence-electron chi connectivity index (χ0n) is 11.3. The Morgan fingerprint density at radius 2 is 1.89 bits per heavy atom. The third kappa shape index (κ3) is 5.30. The molecule has 3 nitrogen and oxygen atoms in total. The van der Waals surface area contributed by atoms with Crippen LogP contribution in [0, 0.1) is 0 Å². The maximum absolute atomic E-state index is 11.6. The van der Waals surface area contributed by atoms with Gasteiger partial charge in [-0.05, 0) is 31.5 Å². The molecule has 0 aliphatic carbocycles. The van der Waals surface area contributed by atoms with Gasteiger partial charge in [-0.1, -0.05) is 36.2 Å². The first kappa shape index (κ1) is 16.8. The molecule has 0 aromatic heterocycles. The van der Waals surface area contributed by atoms with Crippen molar-refractivity contribution in [1.29, 1.82) is 0 Å². The van der Waals surface area contributed by atoms with Crippen molar-refractivity contribution >= 4 is 33.0 Å². The lowest BCUT2D eigenvalue weighted by Gasteiger charge is -2.21. The van der Waals surface area contributed by atoms with Gasteiger partial charge < -0.3 is 5.32 Å². The molecule has 1 N–H and O–H groups in total. The van der Waals surface area contributed by atoms with Gasteiger partial charge in [0.25, 0.3) is 0 Å². The fourth-order valence-corrected chi connectivity index (χ4v) is 3.58. The second-order valence-electron chi connectivity index (χ2n) is 4.65. The minimum absolute atomic E-state index is 0.0353. The molecule has 6 heteroatoms. The molecule has 2 unspecified atom stereocenters. The van der Waals surface area contributed by atoms with Crippen molar-refractivity contribution in [3.05, 3.63) is 33.8 Å². The molecule has 0 saturated heterocycles. The van der Waals surface area contributed by atoms with E-state index in [1.807, 2.05) is 19.9 Å². The summed E-state index contributed by atoms with van der Waals surface area (Å²) in [5, 5.41) is 4.41. The summed E-state index contributed by atoms with van der Waals surface area (Å²) in [6.45, 7) is 5.46. The van der Waals surface area contributed by atoms with Crippen LogP contribution in [0.3, 0.4) is 0 Å². The van der Waals surface area contributed by atoms with E-state index < -0.39 is 9.84 Å². The largest absolute Gasteiger partial charge is 0.307 e. The number of benzene rings is 1. The Labute approximate surface area is 125 Å². The number of hydrogen-bond donors (Lipinski definition) is 1. The molecule has 0 heterocycles. The molecular formula is C13H19Cl2NO2S. The summed E-state index contributed by atoms with van der Waals surface area (Å²) >= 11 is 12.0. The minimum atomic E-state index is -2.98. The highest BCUT2D eigenvalue weighted by atomic mass is 35.5. The highest BCUT2D eigenvalue weighted by Crippen LogP contribution is 2.26. The Bertz CT molecular complexity index is 531. The van der Waals surface area contributed by atoms with E-state index in [0.29, 0.717) is 10.0 Å². The van der Waals surface area contributed by atoms with E-state index in [4.69, 9.17) is 23.2 Å². The standard InChI is InChI=1S/C13H19Cl2NO2S/c1-4-19(17,18)8-9(2)16-10(3)12-6-5-11(14)7-13(12)15/h5-7,9-10,16H,4,8H2,1-3H3. The summed E-state index contributed by atoms with van der Waals surface area (Å²) in [5.41, 5.74) is 0.909. The maximum Gasteiger partial charge on any atom is 0.151 e. The van der Waals surface area contributed by atoms with E-state index in [1.54, 1.807) is 19.1 Å². The molecule has 1 aromatic carbocycles. The van der Waals surface area contributed by atoms with Crippen LogP contribution < -0.4 is 5.32 Å². The van der Waals surface area contributed by atoms with Crippen molar-refractivity contribution in [2.24, 2.45) is 0 Å². The third-order valence-electron chi connectivity index (χ3n) is 2.91. The summed E-state index contributed by atoms with van der Waals surface area (Å²) in [6, 6.07) is 5.14. The van der Waals surface area contributed by atoms with E-state index in [1.165, 1.54) is 0 Å². The van der Waals surface area contributed by atoms with Crippen LogP contribution in [-0.4, -0.2) is 26.0 Å². The van der Waals surface area contributed by atoms with Crippen LogP contribution >= 0.6 is 23.2 Å². The quantitative estimate of drug-likeness (QED) is 0.871. The van der Waals surface area contributed by atoms with Crippen LogP contribution in [0.5, 0.6) is 0 Å². The van der Waals surface area contributed by atoms with Gasteiger partial charge in [0.05, 0.1) is 5.75 Å². The van der Waals surface area contributed by atoms with Gasteiger partial charge in [0, 0.05) is 27.9 Å². The molecule has 0 fully saturated rings. The van der Waals surface area contributed by atoms with E-state index in [-0.39, 0.29) is 23.6 Å². The second-order valence-corrected chi connectivity index (χ2v) is 7.90. The maximum atomic E-state index is 11.6. The van der Waals surface area contributed by atoms with Crippen molar-refractivity contribution in [2.45, 2.75) is 32.9 Å². The smallest absolute Gasteiger partial charge is 0.151 e. The van der Waals surface area contributed by atoms with Crippen molar-refractivity contribution < 1.29 is 8.42 Å².